The first-order valence-electron chi connectivity index (χ1n) is 14.5. The summed E-state index contributed by atoms with van der Waals surface area (Å²) >= 11 is 0. The summed E-state index contributed by atoms with van der Waals surface area (Å²) in [5.74, 6) is 1.03. The highest BCUT2D eigenvalue weighted by molar-refractivity contribution is 5.73. The summed E-state index contributed by atoms with van der Waals surface area (Å²) in [7, 11) is 0. The zero-order chi connectivity index (χ0) is 26.0. The molecule has 1 aromatic carbocycles. The minimum absolute atomic E-state index is 0.0868. The van der Waals surface area contributed by atoms with Crippen LogP contribution in [0.2, 0.25) is 0 Å². The highest BCUT2D eigenvalue weighted by Gasteiger charge is 2.18. The number of carbonyl (C=O) groups excluding carboxylic acids is 1. The molecule has 0 radical (unpaired) electrons. The van der Waals surface area contributed by atoms with Gasteiger partial charge in [0.2, 0.25) is 11.6 Å². The van der Waals surface area contributed by atoms with Crippen LogP contribution >= 0.6 is 0 Å². The van der Waals surface area contributed by atoms with Crippen LogP contribution in [0.5, 0.6) is 5.75 Å². The molecule has 0 saturated heterocycles. The summed E-state index contributed by atoms with van der Waals surface area (Å²) in [6.07, 6.45) is 18.2. The van der Waals surface area contributed by atoms with Gasteiger partial charge in [-0.25, -0.2) is 4.57 Å². The maximum absolute atomic E-state index is 12.4. The Morgan fingerprint density at radius 3 is 2.06 bits per heavy atom. The molecule has 0 aliphatic carbocycles. The maximum atomic E-state index is 12.4. The Morgan fingerprint density at radius 2 is 1.44 bits per heavy atom. The molecule has 0 aliphatic heterocycles. The SMILES string of the molecule is CCCCCCCCCCCCCCOc1cccc(CN(Cc2cccc[n+]2CC)C(C)=O)c1C. The van der Waals surface area contributed by atoms with E-state index in [-0.39, 0.29) is 5.91 Å². The number of rotatable bonds is 19. The van der Waals surface area contributed by atoms with Crippen molar-refractivity contribution in [1.82, 2.24) is 4.90 Å². The molecule has 1 heterocycles. The number of aryl methyl sites for hydroxylation is 1. The van der Waals surface area contributed by atoms with E-state index in [1.165, 1.54) is 70.6 Å². The molecule has 0 spiro atoms. The molecular weight excluding hydrogens is 444 g/mol. The Labute approximate surface area is 221 Å². The first kappa shape index (κ1) is 29.9. The van der Waals surface area contributed by atoms with Gasteiger partial charge in [0, 0.05) is 25.6 Å². The molecular formula is C32H51N2O2+. The Morgan fingerprint density at radius 1 is 0.806 bits per heavy atom. The molecule has 4 nitrogen and oxygen atoms in total. The lowest BCUT2D eigenvalue weighted by atomic mass is 10.1. The molecule has 0 N–H and O–H groups in total. The number of hydrogen-bond donors (Lipinski definition) is 0. The average Bonchev–Trinajstić information content (AvgIpc) is 2.88. The van der Waals surface area contributed by atoms with Crippen LogP contribution in [0.15, 0.2) is 42.6 Å². The van der Waals surface area contributed by atoms with Gasteiger partial charge in [-0.05, 0) is 37.5 Å². The number of carbonyl (C=O) groups is 1. The van der Waals surface area contributed by atoms with Crippen LogP contribution in [-0.4, -0.2) is 17.4 Å². The van der Waals surface area contributed by atoms with Crippen molar-refractivity contribution in [2.75, 3.05) is 6.61 Å². The summed E-state index contributed by atoms with van der Waals surface area (Å²) < 4.78 is 8.35. The zero-order valence-corrected chi connectivity index (χ0v) is 23.6. The Hall–Kier alpha value is -2.36. The fourth-order valence-electron chi connectivity index (χ4n) is 4.76. The van der Waals surface area contributed by atoms with E-state index in [0.29, 0.717) is 13.1 Å². The number of ether oxygens (including phenoxy) is 1. The number of benzene rings is 1. The van der Waals surface area contributed by atoms with E-state index in [1.807, 2.05) is 23.1 Å². The van der Waals surface area contributed by atoms with Crippen LogP contribution in [0.1, 0.15) is 115 Å². The monoisotopic (exact) mass is 495 g/mol. The lowest BCUT2D eigenvalue weighted by Crippen LogP contribution is -2.40. The molecule has 4 heteroatoms. The van der Waals surface area contributed by atoms with Gasteiger partial charge < -0.3 is 9.64 Å². The first-order valence-corrected chi connectivity index (χ1v) is 14.5. The van der Waals surface area contributed by atoms with Gasteiger partial charge in [-0.15, -0.1) is 0 Å². The normalized spacial score (nSPS) is 11.0. The van der Waals surface area contributed by atoms with Crippen molar-refractivity contribution >= 4 is 5.91 Å². The average molecular weight is 496 g/mol. The molecule has 2 aromatic rings. The fraction of sp³-hybridized carbons (Fsp3) is 0.625. The van der Waals surface area contributed by atoms with Crippen LogP contribution in [0.3, 0.4) is 0 Å². The smallest absolute Gasteiger partial charge is 0.220 e. The van der Waals surface area contributed by atoms with E-state index in [9.17, 15) is 4.79 Å². The molecule has 36 heavy (non-hydrogen) atoms. The third-order valence-electron chi connectivity index (χ3n) is 7.19. The molecule has 1 amide bonds. The number of pyridine rings is 1. The Kier molecular flexibility index (Phi) is 14.9. The Balaban J connectivity index is 1.72. The maximum Gasteiger partial charge on any atom is 0.220 e. The van der Waals surface area contributed by atoms with Crippen LogP contribution in [0, 0.1) is 6.92 Å². The van der Waals surface area contributed by atoms with Crippen molar-refractivity contribution in [2.45, 2.75) is 124 Å². The van der Waals surface area contributed by atoms with Crippen molar-refractivity contribution in [3.8, 4) is 5.75 Å². The van der Waals surface area contributed by atoms with Crippen molar-refractivity contribution in [2.24, 2.45) is 0 Å². The van der Waals surface area contributed by atoms with Crippen LogP contribution in [0.4, 0.5) is 0 Å². The quantitative estimate of drug-likeness (QED) is 0.146. The fourth-order valence-corrected chi connectivity index (χ4v) is 4.76. The van der Waals surface area contributed by atoms with E-state index >= 15 is 0 Å². The number of aromatic nitrogens is 1. The van der Waals surface area contributed by atoms with Crippen LogP contribution in [0.25, 0.3) is 0 Å². The lowest BCUT2D eigenvalue weighted by Gasteiger charge is -2.22. The summed E-state index contributed by atoms with van der Waals surface area (Å²) in [6.45, 7) is 11.0. The summed E-state index contributed by atoms with van der Waals surface area (Å²) in [5, 5.41) is 0. The van der Waals surface area contributed by atoms with E-state index in [4.69, 9.17) is 4.74 Å². The third-order valence-corrected chi connectivity index (χ3v) is 7.19. The molecule has 1 aromatic heterocycles. The second kappa shape index (κ2) is 18.0. The summed E-state index contributed by atoms with van der Waals surface area (Å²) in [6, 6.07) is 12.4. The molecule has 0 atom stereocenters. The molecule has 0 bridgehead atoms. The predicted molar refractivity (Wildman–Crippen MR) is 150 cm³/mol. The molecule has 0 fully saturated rings. The standard InChI is InChI=1S/C32H51N2O2/c1-5-7-8-9-10-11-12-13-14-15-16-19-25-36-32-23-20-21-30(28(32)3)26-34(29(4)35)27-31-22-17-18-24-33(31)6-2/h17-18,20-24H,5-16,19,25-27H2,1-4H3/q+1. The third kappa shape index (κ3) is 11.1. The van der Waals surface area contributed by atoms with Gasteiger partial charge in [-0.2, -0.15) is 0 Å². The molecule has 0 unspecified atom stereocenters. The van der Waals surface area contributed by atoms with Gasteiger partial charge in [0.15, 0.2) is 6.20 Å². The number of unbranched alkanes of at least 4 members (excludes halogenated alkanes) is 11. The van der Waals surface area contributed by atoms with Crippen molar-refractivity contribution < 1.29 is 14.1 Å². The van der Waals surface area contributed by atoms with Crippen molar-refractivity contribution in [1.29, 1.82) is 0 Å². The molecule has 0 aliphatic rings. The number of hydrogen-bond acceptors (Lipinski definition) is 2. The molecule has 200 valence electrons. The van der Waals surface area contributed by atoms with Gasteiger partial charge in [-0.3, -0.25) is 4.79 Å². The lowest BCUT2D eigenvalue weighted by molar-refractivity contribution is -0.701. The minimum Gasteiger partial charge on any atom is -0.493 e. The van der Waals surface area contributed by atoms with Crippen molar-refractivity contribution in [3.05, 3.63) is 59.4 Å². The van der Waals surface area contributed by atoms with Gasteiger partial charge in [0.05, 0.1) is 6.61 Å². The predicted octanol–water partition coefficient (Wildman–Crippen LogP) is 7.93. The van der Waals surface area contributed by atoms with Gasteiger partial charge in [-0.1, -0.05) is 95.8 Å². The summed E-state index contributed by atoms with van der Waals surface area (Å²) in [5.41, 5.74) is 3.43. The summed E-state index contributed by atoms with van der Waals surface area (Å²) in [4.78, 5) is 14.4. The highest BCUT2D eigenvalue weighted by Crippen LogP contribution is 2.24. The van der Waals surface area contributed by atoms with E-state index in [0.717, 1.165) is 42.1 Å². The van der Waals surface area contributed by atoms with Gasteiger partial charge in [0.1, 0.15) is 18.8 Å². The topological polar surface area (TPSA) is 33.4 Å². The Bertz CT molecular complexity index is 880. The van der Waals surface area contributed by atoms with Crippen molar-refractivity contribution in [3.63, 3.8) is 0 Å². The molecule has 2 rings (SSSR count). The largest absolute Gasteiger partial charge is 0.493 e. The second-order valence-corrected chi connectivity index (χ2v) is 10.1. The molecule has 0 saturated carbocycles. The highest BCUT2D eigenvalue weighted by atomic mass is 16.5. The minimum atomic E-state index is 0.0868. The first-order chi connectivity index (χ1) is 17.6. The zero-order valence-electron chi connectivity index (χ0n) is 23.6. The number of amides is 1. The van der Waals surface area contributed by atoms with Crippen LogP contribution in [-0.2, 0) is 24.4 Å². The van der Waals surface area contributed by atoms with E-state index in [2.05, 4.69) is 49.7 Å². The second-order valence-electron chi connectivity index (χ2n) is 10.1. The number of nitrogens with zero attached hydrogens (tertiary/aromatic N) is 2. The van der Waals surface area contributed by atoms with Crippen LogP contribution < -0.4 is 9.30 Å². The van der Waals surface area contributed by atoms with Gasteiger partial charge in [0.25, 0.3) is 0 Å². The van der Waals surface area contributed by atoms with E-state index in [1.54, 1.807) is 6.92 Å². The van der Waals surface area contributed by atoms with Gasteiger partial charge >= 0.3 is 0 Å². The van der Waals surface area contributed by atoms with E-state index < -0.39 is 0 Å².